The first-order chi connectivity index (χ1) is 17.2. The molecule has 1 saturated heterocycles. The van der Waals surface area contributed by atoms with Crippen LogP contribution in [0.15, 0.2) is 21.9 Å². The number of halogens is 1. The molecule has 1 saturated carbocycles. The summed E-state index contributed by atoms with van der Waals surface area (Å²) >= 11 is 0. The van der Waals surface area contributed by atoms with Gasteiger partial charge in [0.05, 0.1) is 17.8 Å². The molecule has 2 fully saturated rings. The normalized spacial score (nSPS) is 28.8. The minimum atomic E-state index is -4.69. The number of H-pyrrole nitrogens is 1. The smallest absolute Gasteiger partial charge is 0.438 e. The summed E-state index contributed by atoms with van der Waals surface area (Å²) in [4.78, 5) is 49.0. The molecular weight excluding hydrogens is 522 g/mol. The van der Waals surface area contributed by atoms with E-state index < -0.39 is 92.6 Å². The highest BCUT2D eigenvalue weighted by atomic mass is 31.2. The number of alkyl halides is 1. The molecule has 0 bridgehead atoms. The third-order valence-electron chi connectivity index (χ3n) is 5.98. The van der Waals surface area contributed by atoms with Crippen LogP contribution in [-0.2, 0) is 41.9 Å². The highest BCUT2D eigenvalue weighted by molar-refractivity contribution is 7.48. The molecule has 5 unspecified atom stereocenters. The standard InChI is InChI=1S/C21H30FN2O12P/c1-11(2)16(26)31-9-33-37(30,34-10-32-17(27)12(3)4)36-15-14-20(5,29)18(35-21(14,15)8-22)24-7-6-13(25)23-19(24)28/h6-7,11-12,14-15,18,29H,8-10H2,1-5H3,(H,23,25,28). The number of carbonyl (C=O) groups excluding carboxylic acids is 2. The second kappa shape index (κ2) is 10.8. The lowest BCUT2D eigenvalue weighted by Gasteiger charge is -2.31. The van der Waals surface area contributed by atoms with Gasteiger partial charge in [0.15, 0.2) is 6.23 Å². The molecule has 3 rings (SSSR count). The number of aliphatic hydroxyl groups is 1. The molecule has 0 spiro atoms. The van der Waals surface area contributed by atoms with Crippen molar-refractivity contribution in [2.45, 2.75) is 58.2 Å². The molecule has 14 nitrogen and oxygen atoms in total. The number of nitrogens with one attached hydrogen (secondary N) is 1. The Morgan fingerprint density at radius 3 is 2.14 bits per heavy atom. The monoisotopic (exact) mass is 552 g/mol. The van der Waals surface area contributed by atoms with Crippen molar-refractivity contribution in [2.24, 2.45) is 17.8 Å². The first kappa shape index (κ1) is 29.1. The predicted molar refractivity (Wildman–Crippen MR) is 121 cm³/mol. The lowest BCUT2D eigenvalue weighted by Crippen LogP contribution is -2.44. The highest BCUT2D eigenvalue weighted by Gasteiger charge is 2.82. The van der Waals surface area contributed by atoms with E-state index in [9.17, 15) is 33.2 Å². The van der Waals surface area contributed by atoms with E-state index in [0.717, 1.165) is 16.8 Å². The quantitative estimate of drug-likeness (QED) is 0.213. The van der Waals surface area contributed by atoms with Crippen LogP contribution in [0.4, 0.5) is 4.39 Å². The van der Waals surface area contributed by atoms with Crippen LogP contribution in [0, 0.1) is 17.8 Å². The zero-order valence-corrected chi connectivity index (χ0v) is 21.8. The number of aromatic nitrogens is 2. The van der Waals surface area contributed by atoms with E-state index in [2.05, 4.69) is 0 Å². The highest BCUT2D eigenvalue weighted by Crippen LogP contribution is 2.69. The van der Waals surface area contributed by atoms with Crippen LogP contribution in [0.1, 0.15) is 40.8 Å². The first-order valence-corrected chi connectivity index (χ1v) is 12.8. The molecule has 16 heteroatoms. The van der Waals surface area contributed by atoms with Gasteiger partial charge in [0.25, 0.3) is 5.56 Å². The van der Waals surface area contributed by atoms with E-state index >= 15 is 0 Å². The van der Waals surface area contributed by atoms with Crippen LogP contribution in [0.2, 0.25) is 0 Å². The fraction of sp³-hybridized carbons (Fsp3) is 0.714. The van der Waals surface area contributed by atoms with Gasteiger partial charge in [-0.3, -0.25) is 28.5 Å². The second-order valence-corrected chi connectivity index (χ2v) is 11.1. The van der Waals surface area contributed by atoms with Gasteiger partial charge in [-0.2, -0.15) is 0 Å². The molecule has 0 radical (unpaired) electrons. The van der Waals surface area contributed by atoms with Gasteiger partial charge in [-0.1, -0.05) is 27.7 Å². The van der Waals surface area contributed by atoms with Crippen LogP contribution in [-0.4, -0.2) is 64.2 Å². The van der Waals surface area contributed by atoms with Gasteiger partial charge in [-0.15, -0.1) is 0 Å². The molecule has 0 aromatic carbocycles. The van der Waals surface area contributed by atoms with Gasteiger partial charge in [0.2, 0.25) is 13.6 Å². The Balaban J connectivity index is 1.78. The number of hydrogen-bond acceptors (Lipinski definition) is 12. The Bertz CT molecular complexity index is 1150. The molecule has 5 atom stereocenters. The summed E-state index contributed by atoms with van der Waals surface area (Å²) in [6.07, 6.45) is -1.73. The summed E-state index contributed by atoms with van der Waals surface area (Å²) in [5.74, 6) is -3.56. The number of rotatable bonds is 12. The maximum absolute atomic E-state index is 14.3. The second-order valence-electron chi connectivity index (χ2n) is 9.48. The molecule has 37 heavy (non-hydrogen) atoms. The molecule has 208 valence electrons. The molecule has 1 aromatic rings. The van der Waals surface area contributed by atoms with E-state index in [4.69, 9.17) is 27.8 Å². The lowest BCUT2D eigenvalue weighted by molar-refractivity contribution is -0.161. The minimum Gasteiger partial charge on any atom is -0.438 e. The van der Waals surface area contributed by atoms with Gasteiger partial charge in [0, 0.05) is 12.3 Å². The summed E-state index contributed by atoms with van der Waals surface area (Å²) < 4.78 is 59.3. The Hall–Kier alpha value is -2.42. The van der Waals surface area contributed by atoms with Gasteiger partial charge in [-0.25, -0.2) is 22.8 Å². The minimum absolute atomic E-state index is 0.522. The molecule has 2 heterocycles. The van der Waals surface area contributed by atoms with Crippen LogP contribution in [0.3, 0.4) is 0 Å². The fourth-order valence-corrected chi connectivity index (χ4v) is 5.10. The predicted octanol–water partition coefficient (Wildman–Crippen LogP) is 0.994. The van der Waals surface area contributed by atoms with Crippen LogP contribution < -0.4 is 11.2 Å². The van der Waals surface area contributed by atoms with Crippen LogP contribution >= 0.6 is 7.82 Å². The molecular formula is C21H30FN2O12P. The largest absolute Gasteiger partial charge is 0.481 e. The fourth-order valence-electron chi connectivity index (χ4n) is 3.96. The van der Waals surface area contributed by atoms with Gasteiger partial charge >= 0.3 is 25.5 Å². The van der Waals surface area contributed by atoms with E-state index in [1.165, 1.54) is 6.92 Å². The maximum atomic E-state index is 14.3. The van der Waals surface area contributed by atoms with E-state index in [1.54, 1.807) is 27.7 Å². The third-order valence-corrected chi connectivity index (χ3v) is 7.31. The van der Waals surface area contributed by atoms with Crippen molar-refractivity contribution >= 4 is 19.8 Å². The number of ether oxygens (including phenoxy) is 3. The average Bonchev–Trinajstić information content (AvgIpc) is 3.35. The van der Waals surface area contributed by atoms with Crippen molar-refractivity contribution in [3.05, 3.63) is 33.1 Å². The summed E-state index contributed by atoms with van der Waals surface area (Å²) in [5, 5.41) is 11.2. The SMILES string of the molecule is CC(C)C(=O)OCOP(=O)(OCOC(=O)C(C)C)OC1C2C(C)(O)C(n3ccc(=O)[nH]c3=O)OC12CF. The maximum Gasteiger partial charge on any atom is 0.481 e. The lowest BCUT2D eigenvalue weighted by atomic mass is 9.98. The number of phosphoric ester groups is 1. The topological polar surface area (TPSA) is 182 Å². The zero-order valence-electron chi connectivity index (χ0n) is 20.9. The zero-order chi connectivity index (χ0) is 27.8. The first-order valence-electron chi connectivity index (χ1n) is 11.4. The molecule has 1 aromatic heterocycles. The number of nitrogens with zero attached hydrogens (tertiary/aromatic N) is 1. The summed E-state index contributed by atoms with van der Waals surface area (Å²) in [7, 11) is -4.69. The molecule has 1 aliphatic carbocycles. The van der Waals surface area contributed by atoms with Crippen LogP contribution in [0.25, 0.3) is 0 Å². The van der Waals surface area contributed by atoms with Crippen molar-refractivity contribution < 1.29 is 51.4 Å². The Morgan fingerprint density at radius 2 is 1.70 bits per heavy atom. The van der Waals surface area contributed by atoms with E-state index in [-0.39, 0.29) is 0 Å². The van der Waals surface area contributed by atoms with Crippen molar-refractivity contribution in [3.63, 3.8) is 0 Å². The number of carbonyl (C=O) groups is 2. The van der Waals surface area contributed by atoms with Gasteiger partial charge in [-0.05, 0) is 6.92 Å². The molecule has 2 aliphatic rings. The molecule has 0 amide bonds. The summed E-state index contributed by atoms with van der Waals surface area (Å²) in [6.45, 7) is 4.53. The number of esters is 2. The molecule has 2 N–H and O–H groups in total. The van der Waals surface area contributed by atoms with Crippen molar-refractivity contribution in [1.29, 1.82) is 0 Å². The number of aromatic amines is 1. The Kier molecular flexibility index (Phi) is 8.47. The van der Waals surface area contributed by atoms with Gasteiger partial charge in [0.1, 0.15) is 24.0 Å². The van der Waals surface area contributed by atoms with Crippen LogP contribution in [0.5, 0.6) is 0 Å². The molecule has 1 aliphatic heterocycles. The number of hydrogen-bond donors (Lipinski definition) is 2. The van der Waals surface area contributed by atoms with Crippen molar-refractivity contribution in [3.8, 4) is 0 Å². The van der Waals surface area contributed by atoms with Crippen molar-refractivity contribution in [2.75, 3.05) is 20.3 Å². The van der Waals surface area contributed by atoms with E-state index in [0.29, 0.717) is 0 Å². The third kappa shape index (κ3) is 5.86. The van der Waals surface area contributed by atoms with Gasteiger partial charge < -0.3 is 19.3 Å². The number of fused-ring (bicyclic) bond motifs is 1. The Morgan fingerprint density at radius 1 is 1.16 bits per heavy atom. The summed E-state index contributed by atoms with van der Waals surface area (Å²) in [6, 6.07) is 1.02. The van der Waals surface area contributed by atoms with E-state index in [1.807, 2.05) is 4.98 Å². The average molecular weight is 552 g/mol. The number of phosphoric acid groups is 1. The van der Waals surface area contributed by atoms with Crippen molar-refractivity contribution in [1.82, 2.24) is 9.55 Å². The Labute approximate surface area is 210 Å². The summed E-state index contributed by atoms with van der Waals surface area (Å²) in [5.41, 5.74) is -5.38.